The van der Waals surface area contributed by atoms with Gasteiger partial charge in [-0.25, -0.2) is 9.37 Å². The van der Waals surface area contributed by atoms with E-state index < -0.39 is 0 Å². The number of aromatic nitrogens is 1. The van der Waals surface area contributed by atoms with Gasteiger partial charge in [0.25, 0.3) is 0 Å². The summed E-state index contributed by atoms with van der Waals surface area (Å²) in [6.07, 6.45) is 0. The summed E-state index contributed by atoms with van der Waals surface area (Å²) in [6, 6.07) is 4.97. The Hall–Kier alpha value is -0.780. The summed E-state index contributed by atoms with van der Waals surface area (Å²) in [5.74, 6) is -0.217. The van der Waals surface area contributed by atoms with Gasteiger partial charge in [-0.3, -0.25) is 0 Å². The van der Waals surface area contributed by atoms with E-state index in [0.29, 0.717) is 5.56 Å². The van der Waals surface area contributed by atoms with E-state index in [9.17, 15) is 4.39 Å². The van der Waals surface area contributed by atoms with Crippen LogP contribution in [-0.4, -0.2) is 11.5 Å². The van der Waals surface area contributed by atoms with E-state index in [4.69, 9.17) is 0 Å². The highest BCUT2D eigenvalue weighted by Crippen LogP contribution is 2.30. The largest absolute Gasteiger partial charge is 0.304 e. The zero-order chi connectivity index (χ0) is 14.0. The number of benzene rings is 1. The van der Waals surface area contributed by atoms with Gasteiger partial charge in [0.05, 0.1) is 11.7 Å². The minimum Gasteiger partial charge on any atom is -0.304 e. The van der Waals surface area contributed by atoms with Crippen LogP contribution in [0, 0.1) is 19.7 Å². The normalized spacial score (nSPS) is 12.7. The molecule has 0 saturated carbocycles. The molecule has 0 fully saturated rings. The smallest absolute Gasteiger partial charge is 0.129 e. The summed E-state index contributed by atoms with van der Waals surface area (Å²) in [5.41, 5.74) is 1.65. The van der Waals surface area contributed by atoms with Gasteiger partial charge in [-0.2, -0.15) is 0 Å². The molecule has 1 heterocycles. The van der Waals surface area contributed by atoms with Crippen molar-refractivity contribution in [2.24, 2.45) is 0 Å². The first-order valence-corrected chi connectivity index (χ1v) is 7.76. The van der Waals surface area contributed by atoms with Gasteiger partial charge in [0, 0.05) is 14.9 Å². The average Bonchev–Trinajstić information content (AvgIpc) is 2.67. The van der Waals surface area contributed by atoms with Crippen molar-refractivity contribution < 1.29 is 4.39 Å². The molecule has 0 bridgehead atoms. The molecule has 1 aromatic carbocycles. The first-order chi connectivity index (χ1) is 9.02. The molecule has 0 aliphatic rings. The Labute approximate surface area is 125 Å². The number of nitrogens with one attached hydrogen (secondary N) is 1. The predicted molar refractivity (Wildman–Crippen MR) is 81.2 cm³/mol. The SMILES string of the molecule is CCNC(c1nc(C)c(C)s1)c1ccc(Br)cc1F. The fraction of sp³-hybridized carbons (Fsp3) is 0.357. The van der Waals surface area contributed by atoms with Crippen LogP contribution < -0.4 is 5.32 Å². The van der Waals surface area contributed by atoms with Gasteiger partial charge in [0.2, 0.25) is 0 Å². The standard InChI is InChI=1S/C14H16BrFN2S/c1-4-17-13(14-18-8(2)9(3)19-14)11-6-5-10(15)7-12(11)16/h5-7,13,17H,4H2,1-3H3. The summed E-state index contributed by atoms with van der Waals surface area (Å²) in [6.45, 7) is 6.79. The Bertz CT molecular complexity index is 563. The van der Waals surface area contributed by atoms with Gasteiger partial charge in [-0.1, -0.05) is 28.9 Å². The average molecular weight is 343 g/mol. The van der Waals surface area contributed by atoms with Crippen molar-refractivity contribution in [3.63, 3.8) is 0 Å². The molecule has 19 heavy (non-hydrogen) atoms. The third kappa shape index (κ3) is 3.22. The van der Waals surface area contributed by atoms with E-state index in [1.807, 2.05) is 26.8 Å². The number of thiazole rings is 1. The minimum atomic E-state index is -0.217. The Morgan fingerprint density at radius 3 is 2.68 bits per heavy atom. The van der Waals surface area contributed by atoms with Gasteiger partial charge in [-0.15, -0.1) is 11.3 Å². The second kappa shape index (κ2) is 6.11. The van der Waals surface area contributed by atoms with Crippen LogP contribution in [0.15, 0.2) is 22.7 Å². The number of rotatable bonds is 4. The molecule has 5 heteroatoms. The highest BCUT2D eigenvalue weighted by molar-refractivity contribution is 9.10. The van der Waals surface area contributed by atoms with Gasteiger partial charge in [0.15, 0.2) is 0 Å². The maximum Gasteiger partial charge on any atom is 0.129 e. The van der Waals surface area contributed by atoms with E-state index in [1.54, 1.807) is 17.4 Å². The lowest BCUT2D eigenvalue weighted by atomic mass is 10.1. The lowest BCUT2D eigenvalue weighted by Gasteiger charge is -2.16. The van der Waals surface area contributed by atoms with Crippen LogP contribution in [0.4, 0.5) is 4.39 Å². The van der Waals surface area contributed by atoms with Crippen LogP contribution in [0.1, 0.15) is 34.1 Å². The Kier molecular flexibility index (Phi) is 4.71. The Balaban J connectivity index is 2.44. The molecule has 1 aromatic heterocycles. The third-order valence-electron chi connectivity index (χ3n) is 2.97. The summed E-state index contributed by atoms with van der Waals surface area (Å²) >= 11 is 4.90. The number of hydrogen-bond acceptors (Lipinski definition) is 3. The number of nitrogens with zero attached hydrogens (tertiary/aromatic N) is 1. The first kappa shape index (κ1) is 14.6. The summed E-state index contributed by atoms with van der Waals surface area (Å²) in [4.78, 5) is 5.72. The second-order valence-corrected chi connectivity index (χ2v) is 6.50. The lowest BCUT2D eigenvalue weighted by molar-refractivity contribution is 0.556. The fourth-order valence-corrected chi connectivity index (χ4v) is 3.24. The molecule has 1 N–H and O–H groups in total. The second-order valence-electron chi connectivity index (χ2n) is 4.35. The molecule has 0 aliphatic heterocycles. The van der Waals surface area contributed by atoms with Crippen molar-refractivity contribution in [3.05, 3.63) is 49.6 Å². The zero-order valence-electron chi connectivity index (χ0n) is 11.1. The number of aryl methyl sites for hydroxylation is 2. The molecule has 2 rings (SSSR count). The van der Waals surface area contributed by atoms with E-state index in [0.717, 1.165) is 21.7 Å². The molecule has 0 spiro atoms. The van der Waals surface area contributed by atoms with Crippen molar-refractivity contribution in [1.82, 2.24) is 10.3 Å². The van der Waals surface area contributed by atoms with Gasteiger partial charge >= 0.3 is 0 Å². The topological polar surface area (TPSA) is 24.9 Å². The molecule has 0 radical (unpaired) electrons. The number of hydrogen-bond donors (Lipinski definition) is 1. The van der Waals surface area contributed by atoms with Gasteiger partial charge in [0.1, 0.15) is 10.8 Å². The predicted octanol–water partition coefficient (Wildman–Crippen LogP) is 4.36. The molecule has 2 aromatic rings. The van der Waals surface area contributed by atoms with Gasteiger partial charge in [-0.05, 0) is 32.5 Å². The Morgan fingerprint density at radius 2 is 2.16 bits per heavy atom. The van der Waals surface area contributed by atoms with Crippen molar-refractivity contribution >= 4 is 27.3 Å². The first-order valence-electron chi connectivity index (χ1n) is 6.15. The number of halogens is 2. The van der Waals surface area contributed by atoms with Crippen molar-refractivity contribution in [3.8, 4) is 0 Å². The summed E-state index contributed by atoms with van der Waals surface area (Å²) in [5, 5.41) is 4.22. The molecule has 102 valence electrons. The lowest BCUT2D eigenvalue weighted by Crippen LogP contribution is -2.22. The van der Waals surface area contributed by atoms with Crippen LogP contribution >= 0.6 is 27.3 Å². The molecule has 0 saturated heterocycles. The highest BCUT2D eigenvalue weighted by atomic mass is 79.9. The Morgan fingerprint density at radius 1 is 1.42 bits per heavy atom. The van der Waals surface area contributed by atoms with Crippen LogP contribution in [0.25, 0.3) is 0 Å². The molecular formula is C14H16BrFN2S. The van der Waals surface area contributed by atoms with E-state index in [2.05, 4.69) is 26.2 Å². The van der Waals surface area contributed by atoms with E-state index >= 15 is 0 Å². The van der Waals surface area contributed by atoms with Crippen LogP contribution in [-0.2, 0) is 0 Å². The van der Waals surface area contributed by atoms with Crippen LogP contribution in [0.3, 0.4) is 0 Å². The maximum atomic E-state index is 14.1. The molecule has 0 amide bonds. The summed E-state index contributed by atoms with van der Waals surface area (Å²) < 4.78 is 14.9. The molecule has 2 nitrogen and oxygen atoms in total. The van der Waals surface area contributed by atoms with E-state index in [1.165, 1.54) is 10.9 Å². The van der Waals surface area contributed by atoms with Crippen LogP contribution in [0.5, 0.6) is 0 Å². The maximum absolute atomic E-state index is 14.1. The van der Waals surface area contributed by atoms with E-state index in [-0.39, 0.29) is 11.9 Å². The van der Waals surface area contributed by atoms with Gasteiger partial charge < -0.3 is 5.32 Å². The zero-order valence-corrected chi connectivity index (χ0v) is 13.5. The minimum absolute atomic E-state index is 0.185. The molecular weight excluding hydrogens is 327 g/mol. The third-order valence-corrected chi connectivity index (χ3v) is 4.60. The molecule has 0 aliphatic carbocycles. The molecule has 1 atom stereocenters. The quantitative estimate of drug-likeness (QED) is 0.892. The molecule has 1 unspecified atom stereocenters. The van der Waals surface area contributed by atoms with Crippen molar-refractivity contribution in [2.45, 2.75) is 26.8 Å². The fourth-order valence-electron chi connectivity index (χ4n) is 1.89. The van der Waals surface area contributed by atoms with Crippen LogP contribution in [0.2, 0.25) is 0 Å². The van der Waals surface area contributed by atoms with Crippen molar-refractivity contribution in [2.75, 3.05) is 6.54 Å². The van der Waals surface area contributed by atoms with Crippen molar-refractivity contribution in [1.29, 1.82) is 0 Å². The summed E-state index contributed by atoms with van der Waals surface area (Å²) in [7, 11) is 0. The monoisotopic (exact) mass is 342 g/mol. The highest BCUT2D eigenvalue weighted by Gasteiger charge is 2.21.